The zero-order valence-electron chi connectivity index (χ0n) is 20.2. The Morgan fingerprint density at radius 3 is 1.15 bits per heavy atom. The van der Waals surface area contributed by atoms with Crippen LogP contribution in [0.5, 0.6) is 0 Å². The summed E-state index contributed by atoms with van der Waals surface area (Å²) in [5, 5.41) is 33.8. The molecule has 0 rings (SSSR count). The molecule has 0 radical (unpaired) electrons. The van der Waals surface area contributed by atoms with Gasteiger partial charge in [0, 0.05) is 6.42 Å². The summed E-state index contributed by atoms with van der Waals surface area (Å²) >= 11 is 0. The zero-order chi connectivity index (χ0) is 25.5. The fraction of sp³-hybridized carbons (Fsp3) is 0.833. The molecule has 0 bridgehead atoms. The number of hydrogen-bond acceptors (Lipinski definition) is 5. The molecule has 0 aliphatic rings. The summed E-state index contributed by atoms with van der Waals surface area (Å²) in [4.78, 5) is 41.0. The Labute approximate surface area is 197 Å². The quantitative estimate of drug-likeness (QED) is 0.151. The maximum Gasteiger partial charge on any atom is 0.336 e. The van der Waals surface area contributed by atoms with Crippen molar-refractivity contribution < 1.29 is 39.6 Å². The van der Waals surface area contributed by atoms with Crippen molar-refractivity contribution in [2.75, 3.05) is 0 Å². The van der Waals surface area contributed by atoms with Crippen LogP contribution in [-0.4, -0.2) is 49.8 Å². The fourth-order valence-electron chi connectivity index (χ4n) is 3.38. The van der Waals surface area contributed by atoms with Gasteiger partial charge < -0.3 is 26.2 Å². The van der Waals surface area contributed by atoms with Gasteiger partial charge in [-0.2, -0.15) is 0 Å². The number of primary amides is 1. The SMILES string of the molecule is CCCCCCCCCCCCCCCCCC(N)=O.O=C(O)CC(O)(CC(=O)O)C(=O)O. The number of amides is 1. The lowest BCUT2D eigenvalue weighted by Gasteiger charge is -2.18. The van der Waals surface area contributed by atoms with Crippen molar-refractivity contribution in [2.24, 2.45) is 5.73 Å². The number of hydrogen-bond donors (Lipinski definition) is 5. The van der Waals surface area contributed by atoms with E-state index in [2.05, 4.69) is 6.92 Å². The van der Waals surface area contributed by atoms with Gasteiger partial charge in [-0.25, -0.2) is 4.79 Å². The Bertz CT molecular complexity index is 535. The highest BCUT2D eigenvalue weighted by Crippen LogP contribution is 2.16. The van der Waals surface area contributed by atoms with Gasteiger partial charge in [-0.15, -0.1) is 0 Å². The van der Waals surface area contributed by atoms with Gasteiger partial charge in [-0.05, 0) is 6.42 Å². The van der Waals surface area contributed by atoms with Gasteiger partial charge >= 0.3 is 17.9 Å². The number of carbonyl (C=O) groups is 4. The maximum absolute atomic E-state index is 10.6. The first kappa shape index (κ1) is 33.0. The van der Waals surface area contributed by atoms with Gasteiger partial charge in [0.15, 0.2) is 5.60 Å². The predicted molar refractivity (Wildman–Crippen MR) is 126 cm³/mol. The summed E-state index contributed by atoms with van der Waals surface area (Å²) in [5.41, 5.74) is 2.37. The average molecular weight is 476 g/mol. The van der Waals surface area contributed by atoms with Crippen molar-refractivity contribution in [3.05, 3.63) is 0 Å². The molecule has 33 heavy (non-hydrogen) atoms. The Balaban J connectivity index is 0. The lowest BCUT2D eigenvalue weighted by atomic mass is 9.96. The molecule has 0 atom stereocenters. The third kappa shape index (κ3) is 24.3. The second-order valence-corrected chi connectivity index (χ2v) is 8.64. The minimum atomic E-state index is -2.74. The van der Waals surface area contributed by atoms with Crippen molar-refractivity contribution in [3.63, 3.8) is 0 Å². The van der Waals surface area contributed by atoms with E-state index in [-0.39, 0.29) is 5.91 Å². The normalized spacial score (nSPS) is 10.8. The van der Waals surface area contributed by atoms with Gasteiger partial charge in [0.05, 0.1) is 12.8 Å². The van der Waals surface area contributed by atoms with Gasteiger partial charge in [0.2, 0.25) is 5.91 Å². The number of nitrogens with two attached hydrogens (primary N) is 1. The molecule has 0 aliphatic carbocycles. The number of aliphatic carboxylic acids is 3. The lowest BCUT2D eigenvalue weighted by molar-refractivity contribution is -0.170. The summed E-state index contributed by atoms with van der Waals surface area (Å²) in [6, 6.07) is 0. The van der Waals surface area contributed by atoms with E-state index in [9.17, 15) is 19.2 Å². The molecule has 6 N–H and O–H groups in total. The van der Waals surface area contributed by atoms with Gasteiger partial charge in [0.25, 0.3) is 0 Å². The van der Waals surface area contributed by atoms with Crippen LogP contribution in [0.25, 0.3) is 0 Å². The molecule has 0 spiro atoms. The van der Waals surface area contributed by atoms with E-state index in [1.165, 1.54) is 89.9 Å². The van der Waals surface area contributed by atoms with Crippen LogP contribution in [0, 0.1) is 0 Å². The van der Waals surface area contributed by atoms with Crippen LogP contribution in [0.1, 0.15) is 122 Å². The molecule has 0 aliphatic heterocycles. The number of carbonyl (C=O) groups excluding carboxylic acids is 1. The van der Waals surface area contributed by atoms with E-state index in [1.807, 2.05) is 0 Å². The monoisotopic (exact) mass is 475 g/mol. The standard InChI is InChI=1S/C18H37NO.C6H8O7/c1-2-3-4-5-6-7-8-9-10-11-12-13-14-15-16-17-18(19)20;7-3(8)1-6(13,5(11)12)2-4(9)10/h2-17H2,1H3,(H2,19,20);13H,1-2H2,(H,7,8)(H,9,10)(H,11,12). The summed E-state index contributed by atoms with van der Waals surface area (Å²) < 4.78 is 0. The highest BCUT2D eigenvalue weighted by Gasteiger charge is 2.40. The van der Waals surface area contributed by atoms with Gasteiger partial charge in [-0.3, -0.25) is 14.4 Å². The molecule has 9 heteroatoms. The second kappa shape index (κ2) is 21.7. The number of carboxylic acid groups (broad SMARTS) is 3. The molecule has 0 aromatic heterocycles. The molecule has 9 nitrogen and oxygen atoms in total. The smallest absolute Gasteiger partial charge is 0.336 e. The van der Waals surface area contributed by atoms with Crippen molar-refractivity contribution in [3.8, 4) is 0 Å². The van der Waals surface area contributed by atoms with Crippen LogP contribution in [0.3, 0.4) is 0 Å². The van der Waals surface area contributed by atoms with Crippen molar-refractivity contribution in [2.45, 2.75) is 128 Å². The maximum atomic E-state index is 10.6. The first-order chi connectivity index (χ1) is 15.5. The highest BCUT2D eigenvalue weighted by atomic mass is 16.4. The molecule has 0 aromatic carbocycles. The lowest BCUT2D eigenvalue weighted by Crippen LogP contribution is -2.42. The summed E-state index contributed by atoms with van der Waals surface area (Å²) in [6.07, 6.45) is 18.6. The molecule has 0 saturated heterocycles. The van der Waals surface area contributed by atoms with Crippen LogP contribution in [0.4, 0.5) is 0 Å². The summed E-state index contributed by atoms with van der Waals surface area (Å²) in [7, 11) is 0. The Hall–Kier alpha value is -2.16. The Morgan fingerprint density at radius 2 is 0.909 bits per heavy atom. The van der Waals surface area contributed by atoms with E-state index in [0.717, 1.165) is 6.42 Å². The van der Waals surface area contributed by atoms with Crippen molar-refractivity contribution in [1.29, 1.82) is 0 Å². The second-order valence-electron chi connectivity index (χ2n) is 8.64. The molecule has 0 fully saturated rings. The van der Waals surface area contributed by atoms with Gasteiger partial charge in [0.1, 0.15) is 0 Å². The average Bonchev–Trinajstić information content (AvgIpc) is 2.70. The highest BCUT2D eigenvalue weighted by molar-refractivity contribution is 5.88. The largest absolute Gasteiger partial charge is 0.481 e. The number of rotatable bonds is 21. The zero-order valence-corrected chi connectivity index (χ0v) is 20.2. The van der Waals surface area contributed by atoms with Gasteiger partial charge in [-0.1, -0.05) is 96.8 Å². The van der Waals surface area contributed by atoms with E-state index < -0.39 is 36.4 Å². The van der Waals surface area contributed by atoms with Crippen LogP contribution in [0.15, 0.2) is 0 Å². The fourth-order valence-corrected chi connectivity index (χ4v) is 3.38. The third-order valence-electron chi connectivity index (χ3n) is 5.31. The van der Waals surface area contributed by atoms with E-state index in [1.54, 1.807) is 0 Å². The first-order valence-electron chi connectivity index (χ1n) is 12.2. The van der Waals surface area contributed by atoms with E-state index in [4.69, 9.17) is 26.2 Å². The molecule has 0 heterocycles. The predicted octanol–water partition coefficient (Wildman–Crippen LogP) is 4.48. The number of unbranched alkanes of at least 4 members (excludes halogenated alkanes) is 14. The van der Waals surface area contributed by atoms with Crippen LogP contribution >= 0.6 is 0 Å². The molecule has 194 valence electrons. The van der Waals surface area contributed by atoms with Crippen LogP contribution in [-0.2, 0) is 19.2 Å². The molecule has 0 saturated carbocycles. The number of aliphatic hydroxyl groups is 1. The Morgan fingerprint density at radius 1 is 0.606 bits per heavy atom. The minimum Gasteiger partial charge on any atom is -0.481 e. The van der Waals surface area contributed by atoms with E-state index >= 15 is 0 Å². The molecular weight excluding hydrogens is 430 g/mol. The minimum absolute atomic E-state index is 0.153. The van der Waals surface area contributed by atoms with Crippen LogP contribution < -0.4 is 5.73 Å². The number of carboxylic acids is 3. The van der Waals surface area contributed by atoms with Crippen molar-refractivity contribution >= 4 is 23.8 Å². The summed E-state index contributed by atoms with van der Waals surface area (Å²) in [5.74, 6) is -5.17. The summed E-state index contributed by atoms with van der Waals surface area (Å²) in [6.45, 7) is 2.28. The van der Waals surface area contributed by atoms with Crippen molar-refractivity contribution in [1.82, 2.24) is 0 Å². The van der Waals surface area contributed by atoms with E-state index in [0.29, 0.717) is 6.42 Å². The molecule has 1 amide bonds. The topological polar surface area (TPSA) is 175 Å². The van der Waals surface area contributed by atoms with Crippen LogP contribution in [0.2, 0.25) is 0 Å². The molecule has 0 unspecified atom stereocenters. The Kier molecular flexibility index (Phi) is 21.7. The first-order valence-corrected chi connectivity index (χ1v) is 12.2. The third-order valence-corrected chi connectivity index (χ3v) is 5.31. The molecule has 0 aromatic rings. The molecular formula is C24H45NO8.